The van der Waals surface area contributed by atoms with Crippen LogP contribution in [0, 0.1) is 15.9 Å². The van der Waals surface area contributed by atoms with Gasteiger partial charge in [0.2, 0.25) is 11.5 Å². The molecule has 1 rings (SSSR count). The Labute approximate surface area is 92.2 Å². The molecule has 0 bridgehead atoms. The second-order valence-electron chi connectivity index (χ2n) is 2.78. The lowest BCUT2D eigenvalue weighted by molar-refractivity contribution is -0.388. The van der Waals surface area contributed by atoms with Gasteiger partial charge in [0.1, 0.15) is 5.69 Å². The van der Waals surface area contributed by atoms with E-state index in [-0.39, 0.29) is 6.07 Å². The number of aromatic nitrogens is 1. The quantitative estimate of drug-likeness (QED) is 0.464. The Morgan fingerprint density at radius 2 is 2.18 bits per heavy atom. The maximum absolute atomic E-state index is 13.2. The number of nitrogens with zero attached hydrogens (tertiary/aromatic N) is 2. The predicted molar refractivity (Wildman–Crippen MR) is 47.1 cm³/mol. The first-order valence-electron chi connectivity index (χ1n) is 4.09. The minimum absolute atomic E-state index is 0.204. The van der Waals surface area contributed by atoms with Crippen molar-refractivity contribution in [2.45, 2.75) is 6.43 Å². The zero-order chi connectivity index (χ0) is 13.2. The van der Waals surface area contributed by atoms with Crippen LogP contribution >= 0.6 is 0 Å². The number of ether oxygens (including phenoxy) is 1. The van der Waals surface area contributed by atoms with Gasteiger partial charge in [-0.25, -0.2) is 18.6 Å². The molecule has 0 aliphatic rings. The average Bonchev–Trinajstić information content (AvgIpc) is 2.26. The smallest absolute Gasteiger partial charge is 0.364 e. The Morgan fingerprint density at radius 3 is 2.59 bits per heavy atom. The molecule has 17 heavy (non-hydrogen) atoms. The molecule has 1 aromatic heterocycles. The van der Waals surface area contributed by atoms with Gasteiger partial charge in [-0.3, -0.25) is 10.1 Å². The largest absolute Gasteiger partial charge is 0.464 e. The number of rotatable bonds is 3. The van der Waals surface area contributed by atoms with Gasteiger partial charge in [0.15, 0.2) is 0 Å². The highest BCUT2D eigenvalue weighted by Gasteiger charge is 2.30. The summed E-state index contributed by atoms with van der Waals surface area (Å²) in [4.78, 5) is 23.3. The van der Waals surface area contributed by atoms with Gasteiger partial charge in [0, 0.05) is 6.07 Å². The van der Waals surface area contributed by atoms with Crippen molar-refractivity contribution >= 4 is 11.7 Å². The summed E-state index contributed by atoms with van der Waals surface area (Å²) in [5.41, 5.74) is -3.46. The van der Waals surface area contributed by atoms with Gasteiger partial charge >= 0.3 is 11.7 Å². The highest BCUT2D eigenvalue weighted by molar-refractivity contribution is 5.91. The van der Waals surface area contributed by atoms with E-state index in [1.165, 1.54) is 0 Å². The molecule has 92 valence electrons. The number of esters is 1. The molecule has 0 amide bonds. The molecule has 0 aliphatic carbocycles. The molecule has 0 saturated carbocycles. The highest BCUT2D eigenvalue weighted by Crippen LogP contribution is 2.26. The van der Waals surface area contributed by atoms with Gasteiger partial charge in [0.05, 0.1) is 12.0 Å². The summed E-state index contributed by atoms with van der Waals surface area (Å²) in [6, 6.07) is 0.204. The molecule has 0 fully saturated rings. The van der Waals surface area contributed by atoms with Crippen LogP contribution in [-0.4, -0.2) is 23.0 Å². The fraction of sp³-hybridized carbons (Fsp3) is 0.250. The minimum atomic E-state index is -3.16. The molecule has 1 heterocycles. The summed E-state index contributed by atoms with van der Waals surface area (Å²) < 4.78 is 41.8. The number of hydrogen-bond donors (Lipinski definition) is 0. The van der Waals surface area contributed by atoms with E-state index in [0.717, 1.165) is 7.11 Å². The molecule has 6 nitrogen and oxygen atoms in total. The van der Waals surface area contributed by atoms with E-state index in [9.17, 15) is 28.1 Å². The first-order valence-corrected chi connectivity index (χ1v) is 4.09. The van der Waals surface area contributed by atoms with Crippen LogP contribution in [0.4, 0.5) is 18.9 Å². The van der Waals surface area contributed by atoms with Crippen molar-refractivity contribution in [2.75, 3.05) is 7.11 Å². The third-order valence-electron chi connectivity index (χ3n) is 1.75. The topological polar surface area (TPSA) is 82.3 Å². The van der Waals surface area contributed by atoms with Crippen molar-refractivity contribution in [3.05, 3.63) is 33.4 Å². The van der Waals surface area contributed by atoms with Gasteiger partial charge in [-0.1, -0.05) is 0 Å². The van der Waals surface area contributed by atoms with Crippen LogP contribution in [-0.2, 0) is 4.74 Å². The first kappa shape index (κ1) is 12.9. The lowest BCUT2D eigenvalue weighted by atomic mass is 10.2. The number of alkyl halides is 2. The number of methoxy groups -OCH3 is 1. The van der Waals surface area contributed by atoms with Crippen molar-refractivity contribution in [1.82, 2.24) is 4.98 Å². The molecule has 0 radical (unpaired) electrons. The van der Waals surface area contributed by atoms with Crippen LogP contribution in [0.5, 0.6) is 0 Å². The van der Waals surface area contributed by atoms with Crippen LogP contribution in [0.2, 0.25) is 0 Å². The first-order chi connectivity index (χ1) is 7.88. The molecular weight excluding hydrogens is 245 g/mol. The van der Waals surface area contributed by atoms with E-state index in [1.54, 1.807) is 0 Å². The Kier molecular flexibility index (Phi) is 3.61. The number of carbonyl (C=O) groups excluding carboxylic acids is 1. The summed E-state index contributed by atoms with van der Waals surface area (Å²) in [7, 11) is 0.862. The van der Waals surface area contributed by atoms with Crippen molar-refractivity contribution in [3.63, 3.8) is 0 Å². The van der Waals surface area contributed by atoms with Crippen LogP contribution in [0.3, 0.4) is 0 Å². The SMILES string of the molecule is COC(=O)c1nc(C(F)F)cc(F)c1[N+](=O)[O-]. The average molecular weight is 250 g/mol. The maximum atomic E-state index is 13.2. The van der Waals surface area contributed by atoms with Crippen molar-refractivity contribution < 1.29 is 27.6 Å². The maximum Gasteiger partial charge on any atom is 0.364 e. The molecule has 9 heteroatoms. The molecule has 0 unspecified atom stereocenters. The Morgan fingerprint density at radius 1 is 1.59 bits per heavy atom. The highest BCUT2D eigenvalue weighted by atomic mass is 19.3. The van der Waals surface area contributed by atoms with Crippen molar-refractivity contribution in [1.29, 1.82) is 0 Å². The summed E-state index contributed by atoms with van der Waals surface area (Å²) >= 11 is 0. The van der Waals surface area contributed by atoms with E-state index in [0.29, 0.717) is 0 Å². The number of hydrogen-bond acceptors (Lipinski definition) is 5. The fourth-order valence-electron chi connectivity index (χ4n) is 1.05. The van der Waals surface area contributed by atoms with Crippen LogP contribution in [0.1, 0.15) is 22.6 Å². The minimum Gasteiger partial charge on any atom is -0.464 e. The van der Waals surface area contributed by atoms with Gasteiger partial charge in [-0.2, -0.15) is 4.39 Å². The third-order valence-corrected chi connectivity index (χ3v) is 1.75. The lowest BCUT2D eigenvalue weighted by Gasteiger charge is -2.04. The molecule has 0 aliphatic heterocycles. The van der Waals surface area contributed by atoms with E-state index in [2.05, 4.69) is 9.72 Å². The van der Waals surface area contributed by atoms with Crippen molar-refractivity contribution in [2.24, 2.45) is 0 Å². The van der Waals surface area contributed by atoms with Crippen LogP contribution < -0.4 is 0 Å². The standard InChI is InChI=1S/C8H5F3N2O4/c1-17-8(14)5-6(13(15)16)3(9)2-4(12-5)7(10)11/h2,7H,1H3. The number of carbonyl (C=O) groups is 1. The number of pyridine rings is 1. The molecule has 0 aromatic carbocycles. The van der Waals surface area contributed by atoms with E-state index in [1.807, 2.05) is 0 Å². The van der Waals surface area contributed by atoms with Crippen LogP contribution in [0.25, 0.3) is 0 Å². The fourth-order valence-corrected chi connectivity index (χ4v) is 1.05. The van der Waals surface area contributed by atoms with Crippen molar-refractivity contribution in [3.8, 4) is 0 Å². The summed E-state index contributed by atoms with van der Waals surface area (Å²) in [6.45, 7) is 0. The number of nitro groups is 1. The predicted octanol–water partition coefficient (Wildman–Crippen LogP) is 1.85. The van der Waals surface area contributed by atoms with Gasteiger partial charge in [-0.15, -0.1) is 0 Å². The van der Waals surface area contributed by atoms with E-state index >= 15 is 0 Å². The molecule has 0 N–H and O–H groups in total. The normalized spacial score (nSPS) is 10.4. The Bertz CT molecular complexity index is 478. The second-order valence-corrected chi connectivity index (χ2v) is 2.78. The molecule has 0 atom stereocenters. The monoisotopic (exact) mass is 250 g/mol. The summed E-state index contributed by atoms with van der Waals surface area (Å²) in [5.74, 6) is -2.93. The zero-order valence-corrected chi connectivity index (χ0v) is 8.32. The van der Waals surface area contributed by atoms with Gasteiger partial charge < -0.3 is 4.74 Å². The third kappa shape index (κ3) is 2.49. The van der Waals surface area contributed by atoms with Gasteiger partial charge in [0.25, 0.3) is 6.43 Å². The van der Waals surface area contributed by atoms with Gasteiger partial charge in [-0.05, 0) is 0 Å². The number of halogens is 3. The zero-order valence-electron chi connectivity index (χ0n) is 8.32. The van der Waals surface area contributed by atoms with Crippen LogP contribution in [0.15, 0.2) is 6.07 Å². The Hall–Kier alpha value is -2.19. The molecule has 1 aromatic rings. The molecule has 0 spiro atoms. The molecular formula is C8H5F3N2O4. The van der Waals surface area contributed by atoms with E-state index < -0.39 is 40.2 Å². The summed E-state index contributed by atoms with van der Waals surface area (Å²) in [5, 5.41) is 10.5. The lowest BCUT2D eigenvalue weighted by Crippen LogP contribution is -2.12. The summed E-state index contributed by atoms with van der Waals surface area (Å²) in [6.07, 6.45) is -3.16. The molecule has 0 saturated heterocycles. The van der Waals surface area contributed by atoms with E-state index in [4.69, 9.17) is 0 Å². The second kappa shape index (κ2) is 4.76. The Balaban J connectivity index is 3.50.